The standard InChI is InChI=1S/C19H13ClFN3O2/c20-16-8-5-13(19(26)23-15-2-1-9-22-11-15)10-17(16)24-18(25)12-3-6-14(21)7-4-12/h1-11H,(H,23,26)(H,24,25). The van der Waals surface area contributed by atoms with E-state index >= 15 is 0 Å². The van der Waals surface area contributed by atoms with Crippen molar-refractivity contribution in [3.8, 4) is 0 Å². The molecule has 26 heavy (non-hydrogen) atoms. The number of nitrogens with zero attached hydrogens (tertiary/aromatic N) is 1. The molecule has 0 aliphatic heterocycles. The lowest BCUT2D eigenvalue weighted by molar-refractivity contribution is 0.101. The van der Waals surface area contributed by atoms with Crippen LogP contribution >= 0.6 is 11.6 Å². The number of hydrogen-bond donors (Lipinski definition) is 2. The Morgan fingerprint density at radius 3 is 2.31 bits per heavy atom. The van der Waals surface area contributed by atoms with E-state index in [1.165, 1.54) is 42.6 Å². The highest BCUT2D eigenvalue weighted by atomic mass is 35.5. The third-order valence-corrected chi connectivity index (χ3v) is 3.83. The van der Waals surface area contributed by atoms with E-state index in [1.54, 1.807) is 24.4 Å². The molecule has 3 rings (SSSR count). The molecular weight excluding hydrogens is 357 g/mol. The number of carbonyl (C=O) groups is 2. The fourth-order valence-electron chi connectivity index (χ4n) is 2.20. The van der Waals surface area contributed by atoms with Crippen LogP contribution in [0.15, 0.2) is 67.0 Å². The average Bonchev–Trinajstić information content (AvgIpc) is 2.64. The Hall–Kier alpha value is -3.25. The SMILES string of the molecule is O=C(Nc1cccnc1)c1ccc(Cl)c(NC(=O)c2ccc(F)cc2)c1. The molecule has 0 saturated carbocycles. The number of hydrogen-bond acceptors (Lipinski definition) is 3. The van der Waals surface area contributed by atoms with Crippen molar-refractivity contribution in [2.45, 2.75) is 0 Å². The minimum atomic E-state index is -0.461. The summed E-state index contributed by atoms with van der Waals surface area (Å²) in [5.74, 6) is -1.27. The van der Waals surface area contributed by atoms with Gasteiger partial charge in [0.15, 0.2) is 0 Å². The van der Waals surface area contributed by atoms with Crippen molar-refractivity contribution in [2.75, 3.05) is 10.6 Å². The van der Waals surface area contributed by atoms with Crippen LogP contribution in [0.3, 0.4) is 0 Å². The summed E-state index contributed by atoms with van der Waals surface area (Å²) in [4.78, 5) is 28.5. The van der Waals surface area contributed by atoms with Gasteiger partial charge in [0.1, 0.15) is 5.82 Å². The summed E-state index contributed by atoms with van der Waals surface area (Å²) in [6.07, 6.45) is 3.12. The summed E-state index contributed by atoms with van der Waals surface area (Å²) in [7, 11) is 0. The summed E-state index contributed by atoms with van der Waals surface area (Å²) in [6.45, 7) is 0. The maximum absolute atomic E-state index is 13.0. The first-order valence-electron chi connectivity index (χ1n) is 7.61. The van der Waals surface area contributed by atoms with Crippen molar-refractivity contribution in [1.82, 2.24) is 4.98 Å². The zero-order valence-electron chi connectivity index (χ0n) is 13.4. The van der Waals surface area contributed by atoms with E-state index in [9.17, 15) is 14.0 Å². The van der Waals surface area contributed by atoms with Crippen LogP contribution in [-0.2, 0) is 0 Å². The molecule has 0 radical (unpaired) electrons. The Balaban J connectivity index is 1.78. The monoisotopic (exact) mass is 369 g/mol. The molecule has 0 spiro atoms. The van der Waals surface area contributed by atoms with Gasteiger partial charge < -0.3 is 10.6 Å². The minimum Gasteiger partial charge on any atom is -0.321 e. The highest BCUT2D eigenvalue weighted by molar-refractivity contribution is 6.34. The van der Waals surface area contributed by atoms with Crippen molar-refractivity contribution in [3.05, 3.63) is 89.0 Å². The van der Waals surface area contributed by atoms with Crippen LogP contribution in [0.4, 0.5) is 15.8 Å². The van der Waals surface area contributed by atoms with Crippen LogP contribution < -0.4 is 10.6 Å². The zero-order valence-corrected chi connectivity index (χ0v) is 14.1. The van der Waals surface area contributed by atoms with Gasteiger partial charge >= 0.3 is 0 Å². The van der Waals surface area contributed by atoms with Crippen LogP contribution in [0.1, 0.15) is 20.7 Å². The molecule has 2 N–H and O–H groups in total. The summed E-state index contributed by atoms with van der Waals surface area (Å²) in [5, 5.41) is 5.59. The smallest absolute Gasteiger partial charge is 0.255 e. The summed E-state index contributed by atoms with van der Waals surface area (Å²) in [6, 6.07) is 13.0. The first-order valence-corrected chi connectivity index (χ1v) is 7.98. The van der Waals surface area contributed by atoms with Gasteiger partial charge in [0, 0.05) is 17.3 Å². The topological polar surface area (TPSA) is 71.1 Å². The van der Waals surface area contributed by atoms with Gasteiger partial charge in [-0.25, -0.2) is 4.39 Å². The highest BCUT2D eigenvalue weighted by Crippen LogP contribution is 2.24. The van der Waals surface area contributed by atoms with Gasteiger partial charge in [-0.2, -0.15) is 0 Å². The second-order valence-corrected chi connectivity index (χ2v) is 5.76. The Labute approximate surface area is 153 Å². The number of rotatable bonds is 4. The molecule has 0 aliphatic carbocycles. The average molecular weight is 370 g/mol. The third-order valence-electron chi connectivity index (χ3n) is 3.50. The van der Waals surface area contributed by atoms with Gasteiger partial charge in [-0.15, -0.1) is 0 Å². The van der Waals surface area contributed by atoms with E-state index in [0.29, 0.717) is 11.3 Å². The quantitative estimate of drug-likeness (QED) is 0.717. The fraction of sp³-hybridized carbons (Fsp3) is 0. The van der Waals surface area contributed by atoms with Crippen molar-refractivity contribution >= 4 is 34.8 Å². The van der Waals surface area contributed by atoms with Gasteiger partial charge in [0.05, 0.1) is 22.6 Å². The predicted molar refractivity (Wildman–Crippen MR) is 98.0 cm³/mol. The molecule has 0 aliphatic rings. The number of pyridine rings is 1. The number of aromatic nitrogens is 1. The molecule has 130 valence electrons. The number of carbonyl (C=O) groups excluding carboxylic acids is 2. The van der Waals surface area contributed by atoms with Crippen LogP contribution in [0, 0.1) is 5.82 Å². The zero-order chi connectivity index (χ0) is 18.5. The van der Waals surface area contributed by atoms with E-state index in [2.05, 4.69) is 15.6 Å². The molecule has 2 aromatic carbocycles. The molecule has 0 bridgehead atoms. The van der Waals surface area contributed by atoms with Crippen LogP contribution in [0.5, 0.6) is 0 Å². The van der Waals surface area contributed by atoms with Gasteiger partial charge in [-0.3, -0.25) is 14.6 Å². The fourth-order valence-corrected chi connectivity index (χ4v) is 2.36. The number of halogens is 2. The van der Waals surface area contributed by atoms with Gasteiger partial charge in [-0.1, -0.05) is 11.6 Å². The molecule has 2 amide bonds. The van der Waals surface area contributed by atoms with Gasteiger partial charge in [0.25, 0.3) is 11.8 Å². The Kier molecular flexibility index (Phi) is 5.24. The lowest BCUT2D eigenvalue weighted by Crippen LogP contribution is -2.15. The summed E-state index contributed by atoms with van der Waals surface area (Å²) >= 11 is 6.10. The molecule has 7 heteroatoms. The molecule has 0 saturated heterocycles. The van der Waals surface area contributed by atoms with E-state index < -0.39 is 11.7 Å². The van der Waals surface area contributed by atoms with E-state index in [0.717, 1.165) is 0 Å². The minimum absolute atomic E-state index is 0.271. The molecule has 3 aromatic rings. The van der Waals surface area contributed by atoms with Crippen LogP contribution in [0.25, 0.3) is 0 Å². The Morgan fingerprint density at radius 1 is 0.923 bits per heavy atom. The molecular formula is C19H13ClFN3O2. The number of amides is 2. The van der Waals surface area contributed by atoms with Crippen molar-refractivity contribution in [1.29, 1.82) is 0 Å². The van der Waals surface area contributed by atoms with Gasteiger partial charge in [-0.05, 0) is 54.6 Å². The summed E-state index contributed by atoms with van der Waals surface area (Å²) in [5.41, 5.74) is 1.41. The van der Waals surface area contributed by atoms with Crippen molar-refractivity contribution in [3.63, 3.8) is 0 Å². The van der Waals surface area contributed by atoms with E-state index in [4.69, 9.17) is 11.6 Å². The number of anilines is 2. The molecule has 0 atom stereocenters. The third kappa shape index (κ3) is 4.23. The molecule has 1 aromatic heterocycles. The first-order chi connectivity index (χ1) is 12.5. The normalized spacial score (nSPS) is 10.2. The molecule has 1 heterocycles. The van der Waals surface area contributed by atoms with Crippen molar-refractivity contribution in [2.24, 2.45) is 0 Å². The maximum atomic E-state index is 13.0. The maximum Gasteiger partial charge on any atom is 0.255 e. The van der Waals surface area contributed by atoms with Crippen LogP contribution in [-0.4, -0.2) is 16.8 Å². The second-order valence-electron chi connectivity index (χ2n) is 5.35. The van der Waals surface area contributed by atoms with E-state index in [-0.39, 0.29) is 22.2 Å². The van der Waals surface area contributed by atoms with Crippen LogP contribution in [0.2, 0.25) is 5.02 Å². The lowest BCUT2D eigenvalue weighted by Gasteiger charge is -2.10. The van der Waals surface area contributed by atoms with E-state index in [1.807, 2.05) is 0 Å². The molecule has 0 fully saturated rings. The Morgan fingerprint density at radius 2 is 1.62 bits per heavy atom. The lowest BCUT2D eigenvalue weighted by atomic mass is 10.1. The van der Waals surface area contributed by atoms with Gasteiger partial charge in [0.2, 0.25) is 0 Å². The second kappa shape index (κ2) is 7.76. The Bertz CT molecular complexity index is 947. The number of nitrogens with one attached hydrogen (secondary N) is 2. The molecule has 0 unspecified atom stereocenters. The largest absolute Gasteiger partial charge is 0.321 e. The highest BCUT2D eigenvalue weighted by Gasteiger charge is 2.13. The first kappa shape index (κ1) is 17.6. The predicted octanol–water partition coefficient (Wildman–Crippen LogP) is 4.38. The summed E-state index contributed by atoms with van der Waals surface area (Å²) < 4.78 is 13.0. The molecule has 5 nitrogen and oxygen atoms in total. The van der Waals surface area contributed by atoms with Crippen molar-refractivity contribution < 1.29 is 14.0 Å². The number of benzene rings is 2.